The van der Waals surface area contributed by atoms with Crippen LogP contribution in [0.5, 0.6) is 11.5 Å². The van der Waals surface area contributed by atoms with E-state index in [1.165, 1.54) is 44.2 Å². The van der Waals surface area contributed by atoms with E-state index in [-0.39, 0.29) is 0 Å². The summed E-state index contributed by atoms with van der Waals surface area (Å²) < 4.78 is 11.2. The van der Waals surface area contributed by atoms with E-state index in [1.807, 2.05) is 12.2 Å². The molecule has 1 aliphatic rings. The topological polar surface area (TPSA) is 22.3 Å². The quantitative estimate of drug-likeness (QED) is 0.188. The van der Waals surface area contributed by atoms with Crippen LogP contribution in [0, 0.1) is 20.8 Å². The number of anilines is 3. The lowest BCUT2D eigenvalue weighted by Gasteiger charge is -2.33. The summed E-state index contributed by atoms with van der Waals surface area (Å²) in [5.41, 5.74) is 12.4. The van der Waals surface area contributed by atoms with Gasteiger partial charge in [0, 0.05) is 45.3 Å². The normalized spacial score (nSPS) is 12.5. The molecular weight excluding hydrogens is 550 g/mol. The Morgan fingerprint density at radius 2 is 1.33 bits per heavy atom. The van der Waals surface area contributed by atoms with E-state index in [0.29, 0.717) is 0 Å². The molecule has 4 nitrogen and oxygen atoms in total. The number of aryl methyl sites for hydroxylation is 2. The van der Waals surface area contributed by atoms with E-state index in [4.69, 9.17) is 4.74 Å². The summed E-state index contributed by atoms with van der Waals surface area (Å²) in [5.74, 6) is 1.72. The maximum absolute atomic E-state index is 6.45. The van der Waals surface area contributed by atoms with Gasteiger partial charge in [0.15, 0.2) is 11.5 Å². The highest BCUT2D eigenvalue weighted by atomic mass is 16.5. The molecule has 0 bridgehead atoms. The smallest absolute Gasteiger partial charge is 0.151 e. The molecule has 8 rings (SSSR count). The molecule has 1 aliphatic heterocycles. The minimum absolute atomic E-state index is 0.861. The predicted molar refractivity (Wildman–Crippen MR) is 188 cm³/mol. The SMILES string of the molecule is C=C/C=C\c1c(C)n(-c2cccc(N3c4ccc(C)cc4Oc4cc(C)ccc43)c2)c2c1ccc1ccn(-c3ccccc3)c12. The summed E-state index contributed by atoms with van der Waals surface area (Å²) in [5, 5.41) is 2.40. The van der Waals surface area contributed by atoms with Crippen molar-refractivity contribution in [2.24, 2.45) is 0 Å². The zero-order chi connectivity index (χ0) is 30.7. The van der Waals surface area contributed by atoms with Crippen molar-refractivity contribution in [3.8, 4) is 22.9 Å². The van der Waals surface area contributed by atoms with Gasteiger partial charge in [0.05, 0.1) is 22.4 Å². The Morgan fingerprint density at radius 3 is 2.04 bits per heavy atom. The maximum atomic E-state index is 6.45. The Morgan fingerprint density at radius 1 is 0.644 bits per heavy atom. The van der Waals surface area contributed by atoms with Crippen molar-refractivity contribution >= 4 is 44.9 Å². The Hall–Kier alpha value is -5.74. The molecule has 0 saturated heterocycles. The van der Waals surface area contributed by atoms with Gasteiger partial charge >= 0.3 is 0 Å². The summed E-state index contributed by atoms with van der Waals surface area (Å²) in [6.45, 7) is 10.4. The Bertz CT molecular complexity index is 2250. The average Bonchev–Trinajstić information content (AvgIpc) is 3.61. The van der Waals surface area contributed by atoms with Gasteiger partial charge in [0.2, 0.25) is 0 Å². The van der Waals surface area contributed by atoms with E-state index < -0.39 is 0 Å². The largest absolute Gasteiger partial charge is 0.453 e. The summed E-state index contributed by atoms with van der Waals surface area (Å²) in [7, 11) is 0. The second-order valence-electron chi connectivity index (χ2n) is 11.7. The van der Waals surface area contributed by atoms with E-state index >= 15 is 0 Å². The fourth-order valence-corrected chi connectivity index (χ4v) is 6.71. The van der Waals surface area contributed by atoms with E-state index in [2.05, 4.69) is 163 Å². The minimum atomic E-state index is 0.861. The van der Waals surface area contributed by atoms with E-state index in [0.717, 1.165) is 39.9 Å². The Kier molecular flexibility index (Phi) is 6.24. The minimum Gasteiger partial charge on any atom is -0.453 e. The first-order valence-electron chi connectivity index (χ1n) is 15.3. The van der Waals surface area contributed by atoms with Crippen molar-refractivity contribution in [2.45, 2.75) is 20.8 Å². The molecule has 2 aromatic heterocycles. The number of nitrogens with zero attached hydrogens (tertiary/aromatic N) is 3. The molecule has 0 radical (unpaired) electrons. The van der Waals surface area contributed by atoms with Crippen LogP contribution in [0.2, 0.25) is 0 Å². The number of rotatable bonds is 5. The van der Waals surface area contributed by atoms with Crippen LogP contribution < -0.4 is 9.64 Å². The first-order valence-corrected chi connectivity index (χ1v) is 15.3. The van der Waals surface area contributed by atoms with Crippen molar-refractivity contribution in [1.82, 2.24) is 9.13 Å². The van der Waals surface area contributed by atoms with Crippen molar-refractivity contribution in [2.75, 3.05) is 4.90 Å². The van der Waals surface area contributed by atoms with Crippen LogP contribution in [-0.4, -0.2) is 9.13 Å². The molecule has 0 spiro atoms. The third kappa shape index (κ3) is 4.29. The summed E-state index contributed by atoms with van der Waals surface area (Å²) in [4.78, 5) is 2.32. The first kappa shape index (κ1) is 26.9. The lowest BCUT2D eigenvalue weighted by Crippen LogP contribution is -2.16. The average molecular weight is 584 g/mol. The lowest BCUT2D eigenvalue weighted by atomic mass is 10.1. The summed E-state index contributed by atoms with van der Waals surface area (Å²) in [6, 6.07) is 38.9. The number of benzene rings is 5. The number of aromatic nitrogens is 2. The first-order chi connectivity index (χ1) is 22.0. The number of fused-ring (bicyclic) bond motifs is 5. The van der Waals surface area contributed by atoms with Gasteiger partial charge in [-0.15, -0.1) is 0 Å². The van der Waals surface area contributed by atoms with E-state index in [9.17, 15) is 0 Å². The van der Waals surface area contributed by atoms with Crippen molar-refractivity contribution < 1.29 is 4.74 Å². The zero-order valence-electron chi connectivity index (χ0n) is 25.7. The van der Waals surface area contributed by atoms with Crippen molar-refractivity contribution in [3.05, 3.63) is 157 Å². The van der Waals surface area contributed by atoms with Crippen LogP contribution >= 0.6 is 0 Å². The Balaban J connectivity index is 1.40. The van der Waals surface area contributed by atoms with Gasteiger partial charge in [0.25, 0.3) is 0 Å². The zero-order valence-corrected chi connectivity index (χ0v) is 25.7. The maximum Gasteiger partial charge on any atom is 0.151 e. The Labute approximate surface area is 263 Å². The van der Waals surface area contributed by atoms with Gasteiger partial charge in [-0.05, 0) is 92.6 Å². The molecule has 5 aromatic carbocycles. The third-order valence-corrected chi connectivity index (χ3v) is 8.78. The van der Waals surface area contributed by atoms with Gasteiger partial charge < -0.3 is 18.8 Å². The predicted octanol–water partition coefficient (Wildman–Crippen LogP) is 11.3. The molecule has 0 unspecified atom stereocenters. The van der Waals surface area contributed by atoms with Crippen LogP contribution in [0.4, 0.5) is 17.1 Å². The monoisotopic (exact) mass is 583 g/mol. The molecule has 0 amide bonds. The molecule has 4 heteroatoms. The summed E-state index contributed by atoms with van der Waals surface area (Å²) in [6.07, 6.45) is 8.21. The molecule has 45 heavy (non-hydrogen) atoms. The van der Waals surface area contributed by atoms with Crippen LogP contribution in [-0.2, 0) is 0 Å². The van der Waals surface area contributed by atoms with Gasteiger partial charge in [0.1, 0.15) is 0 Å². The highest BCUT2D eigenvalue weighted by Crippen LogP contribution is 2.51. The molecular formula is C41H33N3O. The van der Waals surface area contributed by atoms with Crippen LogP contribution in [0.15, 0.2) is 134 Å². The van der Waals surface area contributed by atoms with Gasteiger partial charge in [-0.25, -0.2) is 0 Å². The van der Waals surface area contributed by atoms with Crippen LogP contribution in [0.3, 0.4) is 0 Å². The number of hydrogen-bond donors (Lipinski definition) is 0. The molecule has 0 fully saturated rings. The van der Waals surface area contributed by atoms with E-state index in [1.54, 1.807) is 0 Å². The van der Waals surface area contributed by atoms with Crippen molar-refractivity contribution in [3.63, 3.8) is 0 Å². The molecule has 0 N–H and O–H groups in total. The molecule has 218 valence electrons. The fourth-order valence-electron chi connectivity index (χ4n) is 6.71. The second-order valence-corrected chi connectivity index (χ2v) is 11.7. The number of allylic oxidation sites excluding steroid dienone is 2. The highest BCUT2D eigenvalue weighted by molar-refractivity contribution is 6.09. The molecule has 0 saturated carbocycles. The standard InChI is InChI=1S/C41H33N3O/c1-5-6-15-34-29(4)43(41-35(34)19-18-30-22-23-42(40(30)41)31-11-8-7-9-12-31)32-13-10-14-33(26-32)44-36-20-16-27(2)24-38(36)45-39-25-28(3)17-21-37(39)44/h5-26H,1H2,2-4H3/b15-6-. The highest BCUT2D eigenvalue weighted by Gasteiger charge is 2.27. The number of para-hydroxylation sites is 1. The van der Waals surface area contributed by atoms with Gasteiger partial charge in [-0.3, -0.25) is 0 Å². The van der Waals surface area contributed by atoms with Gasteiger partial charge in [-0.1, -0.05) is 73.3 Å². The van der Waals surface area contributed by atoms with Crippen molar-refractivity contribution in [1.29, 1.82) is 0 Å². The third-order valence-electron chi connectivity index (χ3n) is 8.78. The van der Waals surface area contributed by atoms with Gasteiger partial charge in [-0.2, -0.15) is 0 Å². The van der Waals surface area contributed by atoms with Crippen LogP contribution in [0.1, 0.15) is 22.4 Å². The molecule has 3 heterocycles. The van der Waals surface area contributed by atoms with Crippen LogP contribution in [0.25, 0.3) is 39.3 Å². The lowest BCUT2D eigenvalue weighted by molar-refractivity contribution is 0.476. The fraction of sp³-hybridized carbons (Fsp3) is 0.0732. The molecule has 0 atom stereocenters. The molecule has 0 aliphatic carbocycles. The number of hydrogen-bond acceptors (Lipinski definition) is 2. The summed E-state index contributed by atoms with van der Waals surface area (Å²) >= 11 is 0. The number of ether oxygens (including phenoxy) is 1. The second kappa shape index (κ2) is 10.5. The molecule has 7 aromatic rings.